The predicted octanol–water partition coefficient (Wildman–Crippen LogP) is 4.95. The molecule has 3 atom stereocenters. The van der Waals surface area contributed by atoms with Crippen LogP contribution in [0.3, 0.4) is 0 Å². The Hall–Kier alpha value is -2.26. The van der Waals surface area contributed by atoms with Gasteiger partial charge in [-0.2, -0.15) is 0 Å². The topological polar surface area (TPSA) is 38.3 Å². The summed E-state index contributed by atoms with van der Waals surface area (Å²) >= 11 is 6.19. The summed E-state index contributed by atoms with van der Waals surface area (Å²) in [6, 6.07) is 13.9. The zero-order valence-electron chi connectivity index (χ0n) is 13.3. The number of carbonyl (C=O) groups is 1. The van der Waals surface area contributed by atoms with Crippen LogP contribution in [0.25, 0.3) is 0 Å². The van der Waals surface area contributed by atoms with Gasteiger partial charge in [0.25, 0.3) is 0 Å². The maximum atomic E-state index is 12.2. The lowest BCUT2D eigenvalue weighted by Crippen LogP contribution is -2.30. The molecule has 0 saturated heterocycles. The molecule has 2 aromatic rings. The van der Waals surface area contributed by atoms with Crippen molar-refractivity contribution < 1.29 is 9.53 Å². The second kappa shape index (κ2) is 5.99. The van der Waals surface area contributed by atoms with Crippen molar-refractivity contribution in [1.82, 2.24) is 0 Å². The zero-order valence-corrected chi connectivity index (χ0v) is 14.1. The van der Waals surface area contributed by atoms with Crippen LogP contribution < -0.4 is 5.32 Å². The predicted molar refractivity (Wildman–Crippen MR) is 95.6 cm³/mol. The summed E-state index contributed by atoms with van der Waals surface area (Å²) in [6.07, 6.45) is 5.49. The average Bonchev–Trinajstić information content (AvgIpc) is 3.09. The fourth-order valence-electron chi connectivity index (χ4n) is 3.93. The zero-order chi connectivity index (χ0) is 16.7. The van der Waals surface area contributed by atoms with E-state index in [-0.39, 0.29) is 12.0 Å². The lowest BCUT2D eigenvalue weighted by atomic mass is 9.76. The van der Waals surface area contributed by atoms with Crippen molar-refractivity contribution in [2.45, 2.75) is 18.4 Å². The number of para-hydroxylation sites is 1. The molecular formula is C20H18ClNO2. The number of carbonyl (C=O) groups excluding carboxylic acids is 1. The third-order valence-corrected chi connectivity index (χ3v) is 5.24. The van der Waals surface area contributed by atoms with Crippen molar-refractivity contribution in [3.8, 4) is 0 Å². The molecule has 0 radical (unpaired) electrons. The highest BCUT2D eigenvalue weighted by Crippen LogP contribution is 2.50. The van der Waals surface area contributed by atoms with Gasteiger partial charge in [-0.25, -0.2) is 4.79 Å². The summed E-state index contributed by atoms with van der Waals surface area (Å²) in [6.45, 7) is 0. The minimum absolute atomic E-state index is 0.113. The Morgan fingerprint density at radius 1 is 1.25 bits per heavy atom. The van der Waals surface area contributed by atoms with E-state index in [1.54, 1.807) is 0 Å². The Labute approximate surface area is 146 Å². The van der Waals surface area contributed by atoms with Gasteiger partial charge in [0.1, 0.15) is 0 Å². The number of allylic oxidation sites excluding steroid dienone is 2. The smallest absolute Gasteiger partial charge is 0.339 e. The van der Waals surface area contributed by atoms with Gasteiger partial charge in [-0.1, -0.05) is 48.0 Å². The van der Waals surface area contributed by atoms with E-state index in [1.807, 2.05) is 30.3 Å². The highest BCUT2D eigenvalue weighted by Gasteiger charge is 2.39. The molecular weight excluding hydrogens is 322 g/mol. The Morgan fingerprint density at radius 3 is 2.88 bits per heavy atom. The minimum Gasteiger partial charge on any atom is -0.465 e. The number of rotatable bonds is 2. The van der Waals surface area contributed by atoms with E-state index in [2.05, 4.69) is 29.6 Å². The molecule has 4 heteroatoms. The van der Waals surface area contributed by atoms with Crippen molar-refractivity contribution in [2.24, 2.45) is 5.92 Å². The molecule has 0 fully saturated rings. The number of esters is 1. The minimum atomic E-state index is -0.315. The summed E-state index contributed by atoms with van der Waals surface area (Å²) in [5.41, 5.74) is 3.77. The van der Waals surface area contributed by atoms with Gasteiger partial charge < -0.3 is 10.1 Å². The molecule has 0 spiro atoms. The van der Waals surface area contributed by atoms with Crippen LogP contribution in [-0.4, -0.2) is 13.1 Å². The molecule has 0 unspecified atom stereocenters. The number of benzene rings is 2. The molecule has 1 aliphatic carbocycles. The third kappa shape index (κ3) is 2.40. The van der Waals surface area contributed by atoms with E-state index < -0.39 is 0 Å². The first-order valence-corrected chi connectivity index (χ1v) is 8.46. The number of hydrogen-bond donors (Lipinski definition) is 1. The Bertz CT molecular complexity index is 830. The SMILES string of the molecule is COC(=O)c1cccc2c1N[C@@H](c1cccc(Cl)c1)[C@H]1CC=C[C@@H]21. The van der Waals surface area contributed by atoms with Gasteiger partial charge >= 0.3 is 5.97 Å². The van der Waals surface area contributed by atoms with E-state index in [4.69, 9.17) is 16.3 Å². The normalized spacial score (nSPS) is 24.0. The number of fused-ring (bicyclic) bond motifs is 3. The van der Waals surface area contributed by atoms with E-state index in [1.165, 1.54) is 7.11 Å². The van der Waals surface area contributed by atoms with Gasteiger partial charge in [0.2, 0.25) is 0 Å². The van der Waals surface area contributed by atoms with Crippen molar-refractivity contribution in [3.63, 3.8) is 0 Å². The average molecular weight is 340 g/mol. The molecule has 0 saturated carbocycles. The molecule has 24 heavy (non-hydrogen) atoms. The monoisotopic (exact) mass is 339 g/mol. The fraction of sp³-hybridized carbons (Fsp3) is 0.250. The molecule has 0 aromatic heterocycles. The van der Waals surface area contributed by atoms with Gasteiger partial charge in [-0.3, -0.25) is 0 Å². The molecule has 122 valence electrons. The Kier molecular flexibility index (Phi) is 3.81. The number of ether oxygens (including phenoxy) is 1. The molecule has 2 aromatic carbocycles. The van der Waals surface area contributed by atoms with Crippen LogP contribution in [0.5, 0.6) is 0 Å². The third-order valence-electron chi connectivity index (χ3n) is 5.01. The van der Waals surface area contributed by atoms with Crippen LogP contribution in [0.2, 0.25) is 5.02 Å². The van der Waals surface area contributed by atoms with Crippen LogP contribution in [0.15, 0.2) is 54.6 Å². The molecule has 1 N–H and O–H groups in total. The Balaban J connectivity index is 1.84. The number of anilines is 1. The first-order valence-electron chi connectivity index (χ1n) is 8.09. The number of hydrogen-bond acceptors (Lipinski definition) is 3. The Morgan fingerprint density at radius 2 is 2.08 bits per heavy atom. The van der Waals surface area contributed by atoms with Gasteiger partial charge in [0.05, 0.1) is 24.4 Å². The maximum Gasteiger partial charge on any atom is 0.339 e. The summed E-state index contributed by atoms with van der Waals surface area (Å²) in [7, 11) is 1.41. The van der Waals surface area contributed by atoms with Crippen LogP contribution in [0, 0.1) is 5.92 Å². The maximum absolute atomic E-state index is 12.2. The molecule has 3 nitrogen and oxygen atoms in total. The van der Waals surface area contributed by atoms with Crippen LogP contribution in [0.4, 0.5) is 5.69 Å². The molecule has 0 amide bonds. The van der Waals surface area contributed by atoms with Crippen molar-refractivity contribution in [3.05, 3.63) is 76.3 Å². The van der Waals surface area contributed by atoms with Gasteiger partial charge in [0.15, 0.2) is 0 Å². The second-order valence-electron chi connectivity index (χ2n) is 6.29. The lowest BCUT2D eigenvalue weighted by molar-refractivity contribution is 0.0601. The molecule has 0 bridgehead atoms. The summed E-state index contributed by atoms with van der Waals surface area (Å²) < 4.78 is 4.96. The molecule has 1 heterocycles. The van der Waals surface area contributed by atoms with E-state index in [0.29, 0.717) is 17.4 Å². The summed E-state index contributed by atoms with van der Waals surface area (Å²) in [5, 5.41) is 4.32. The lowest BCUT2D eigenvalue weighted by Gasteiger charge is -2.38. The van der Waals surface area contributed by atoms with Crippen molar-refractivity contribution in [1.29, 1.82) is 0 Å². The fourth-order valence-corrected chi connectivity index (χ4v) is 4.13. The second-order valence-corrected chi connectivity index (χ2v) is 6.73. The van der Waals surface area contributed by atoms with Gasteiger partial charge in [-0.05, 0) is 41.7 Å². The molecule has 1 aliphatic heterocycles. The number of nitrogens with one attached hydrogen (secondary N) is 1. The first kappa shape index (κ1) is 15.3. The summed E-state index contributed by atoms with van der Waals surface area (Å²) in [4.78, 5) is 12.2. The van der Waals surface area contributed by atoms with Gasteiger partial charge in [-0.15, -0.1) is 0 Å². The standard InChI is InChI=1S/C20H18ClNO2/c1-24-20(23)17-10-4-9-16-14-7-3-8-15(14)18(22-19(16)17)12-5-2-6-13(21)11-12/h2-7,9-11,14-15,18,22H,8H2,1H3/t14-,15+,18+/m1/s1. The number of methoxy groups -OCH3 is 1. The number of halogens is 1. The summed E-state index contributed by atoms with van der Waals surface area (Å²) in [5.74, 6) is 0.406. The van der Waals surface area contributed by atoms with E-state index in [9.17, 15) is 4.79 Å². The van der Waals surface area contributed by atoms with Gasteiger partial charge in [0, 0.05) is 10.9 Å². The van der Waals surface area contributed by atoms with Crippen LogP contribution in [0.1, 0.15) is 39.9 Å². The van der Waals surface area contributed by atoms with Crippen molar-refractivity contribution >= 4 is 23.3 Å². The van der Waals surface area contributed by atoms with Crippen LogP contribution in [-0.2, 0) is 4.74 Å². The highest BCUT2D eigenvalue weighted by atomic mass is 35.5. The van der Waals surface area contributed by atoms with Crippen LogP contribution >= 0.6 is 11.6 Å². The van der Waals surface area contributed by atoms with E-state index in [0.717, 1.165) is 28.3 Å². The quantitative estimate of drug-likeness (QED) is 0.621. The van der Waals surface area contributed by atoms with Crippen molar-refractivity contribution in [2.75, 3.05) is 12.4 Å². The first-order chi connectivity index (χ1) is 11.7. The van der Waals surface area contributed by atoms with E-state index >= 15 is 0 Å². The molecule has 2 aliphatic rings. The highest BCUT2D eigenvalue weighted by molar-refractivity contribution is 6.30. The largest absolute Gasteiger partial charge is 0.465 e. The molecule has 4 rings (SSSR count).